The Hall–Kier alpha value is -1.59. The molecular weight excluding hydrogens is 296 g/mol. The highest BCUT2D eigenvalue weighted by Crippen LogP contribution is 2.29. The third-order valence-electron chi connectivity index (χ3n) is 5.08. The maximum absolute atomic E-state index is 12.6. The molecule has 1 atom stereocenters. The largest absolute Gasteiger partial charge is 0.480 e. The molecule has 0 aromatic heterocycles. The standard InChI is InChI=1S/C17H28N2O4/c1-12(2)15(21)19-10-6-7-13(11-19)14(20)18-17(16(22)23)8-4-3-5-9-17/h12-13H,3-11H2,1-2H3,(H,18,20)(H,22,23)/t13-/m0/s1. The molecule has 0 bridgehead atoms. The molecule has 0 unspecified atom stereocenters. The van der Waals surface area contributed by atoms with Crippen molar-refractivity contribution in [2.45, 2.75) is 64.3 Å². The number of piperidine rings is 1. The third-order valence-corrected chi connectivity index (χ3v) is 5.08. The van der Waals surface area contributed by atoms with Crippen molar-refractivity contribution in [3.8, 4) is 0 Å². The Bertz CT molecular complexity index is 469. The molecule has 1 saturated carbocycles. The molecule has 0 radical (unpaired) electrons. The Morgan fingerprint density at radius 1 is 1.13 bits per heavy atom. The van der Waals surface area contributed by atoms with Gasteiger partial charge in [-0.15, -0.1) is 0 Å². The van der Waals surface area contributed by atoms with Crippen molar-refractivity contribution in [1.29, 1.82) is 0 Å². The van der Waals surface area contributed by atoms with E-state index in [1.54, 1.807) is 4.90 Å². The van der Waals surface area contributed by atoms with E-state index in [-0.39, 0.29) is 23.7 Å². The molecule has 2 rings (SSSR count). The molecule has 2 fully saturated rings. The molecule has 2 amide bonds. The zero-order valence-electron chi connectivity index (χ0n) is 14.1. The van der Waals surface area contributed by atoms with Crippen LogP contribution in [0.4, 0.5) is 0 Å². The van der Waals surface area contributed by atoms with Crippen LogP contribution in [-0.2, 0) is 14.4 Å². The fourth-order valence-electron chi connectivity index (χ4n) is 3.64. The van der Waals surface area contributed by atoms with Crippen LogP contribution in [0.1, 0.15) is 58.8 Å². The summed E-state index contributed by atoms with van der Waals surface area (Å²) in [6.45, 7) is 4.80. The summed E-state index contributed by atoms with van der Waals surface area (Å²) in [7, 11) is 0. The lowest BCUT2D eigenvalue weighted by Crippen LogP contribution is -2.58. The quantitative estimate of drug-likeness (QED) is 0.825. The number of nitrogens with one attached hydrogen (secondary N) is 1. The molecule has 2 N–H and O–H groups in total. The summed E-state index contributed by atoms with van der Waals surface area (Å²) in [4.78, 5) is 38.1. The van der Waals surface area contributed by atoms with Gasteiger partial charge in [-0.2, -0.15) is 0 Å². The maximum atomic E-state index is 12.6. The van der Waals surface area contributed by atoms with Gasteiger partial charge in [0.2, 0.25) is 11.8 Å². The molecule has 0 aromatic carbocycles. The van der Waals surface area contributed by atoms with Gasteiger partial charge in [-0.1, -0.05) is 33.1 Å². The van der Waals surface area contributed by atoms with Crippen molar-refractivity contribution >= 4 is 17.8 Å². The third kappa shape index (κ3) is 4.03. The number of aliphatic carboxylic acids is 1. The lowest BCUT2D eigenvalue weighted by molar-refractivity contribution is -0.151. The van der Waals surface area contributed by atoms with Crippen LogP contribution in [0, 0.1) is 11.8 Å². The fraction of sp³-hybridized carbons (Fsp3) is 0.824. The number of carbonyl (C=O) groups is 3. The SMILES string of the molecule is CC(C)C(=O)N1CCC[C@H](C(=O)NC2(C(=O)O)CCCCC2)C1. The molecular formula is C17H28N2O4. The van der Waals surface area contributed by atoms with Gasteiger partial charge in [0.25, 0.3) is 0 Å². The molecule has 1 heterocycles. The van der Waals surface area contributed by atoms with E-state index in [1.807, 2.05) is 13.8 Å². The topological polar surface area (TPSA) is 86.7 Å². The Balaban J connectivity index is 2.01. The second-order valence-corrected chi connectivity index (χ2v) is 7.22. The monoisotopic (exact) mass is 324 g/mol. The van der Waals surface area contributed by atoms with Crippen LogP contribution in [-0.4, -0.2) is 46.4 Å². The van der Waals surface area contributed by atoms with E-state index in [9.17, 15) is 19.5 Å². The molecule has 0 aromatic rings. The van der Waals surface area contributed by atoms with Gasteiger partial charge >= 0.3 is 5.97 Å². The van der Waals surface area contributed by atoms with E-state index in [4.69, 9.17) is 0 Å². The smallest absolute Gasteiger partial charge is 0.329 e. The first-order valence-corrected chi connectivity index (χ1v) is 8.70. The maximum Gasteiger partial charge on any atom is 0.329 e. The van der Waals surface area contributed by atoms with E-state index in [0.29, 0.717) is 32.4 Å². The number of hydrogen-bond donors (Lipinski definition) is 2. The lowest BCUT2D eigenvalue weighted by Gasteiger charge is -2.38. The summed E-state index contributed by atoms with van der Waals surface area (Å²) in [5, 5.41) is 12.4. The van der Waals surface area contributed by atoms with Crippen LogP contribution in [0.3, 0.4) is 0 Å². The minimum absolute atomic E-state index is 0.0631. The van der Waals surface area contributed by atoms with E-state index in [1.165, 1.54) is 0 Å². The predicted molar refractivity (Wildman–Crippen MR) is 85.7 cm³/mol. The van der Waals surface area contributed by atoms with E-state index >= 15 is 0 Å². The second-order valence-electron chi connectivity index (χ2n) is 7.22. The Morgan fingerprint density at radius 3 is 2.35 bits per heavy atom. The number of amides is 2. The number of nitrogens with zero attached hydrogens (tertiary/aromatic N) is 1. The zero-order chi connectivity index (χ0) is 17.0. The second kappa shape index (κ2) is 7.32. The molecule has 0 spiro atoms. The van der Waals surface area contributed by atoms with Crippen LogP contribution < -0.4 is 5.32 Å². The Labute approximate surface area is 137 Å². The minimum Gasteiger partial charge on any atom is -0.480 e. The van der Waals surface area contributed by atoms with Crippen LogP contribution >= 0.6 is 0 Å². The molecule has 1 saturated heterocycles. The van der Waals surface area contributed by atoms with Crippen LogP contribution in [0.25, 0.3) is 0 Å². The first-order valence-electron chi connectivity index (χ1n) is 8.70. The van der Waals surface area contributed by atoms with Gasteiger partial charge in [0.15, 0.2) is 0 Å². The number of carbonyl (C=O) groups excluding carboxylic acids is 2. The first kappa shape index (κ1) is 17.8. The molecule has 23 heavy (non-hydrogen) atoms. The Morgan fingerprint density at radius 2 is 1.78 bits per heavy atom. The average Bonchev–Trinajstić information content (AvgIpc) is 2.54. The van der Waals surface area contributed by atoms with Crippen molar-refractivity contribution in [2.24, 2.45) is 11.8 Å². The van der Waals surface area contributed by atoms with Crippen molar-refractivity contribution in [3.63, 3.8) is 0 Å². The van der Waals surface area contributed by atoms with Gasteiger partial charge in [-0.3, -0.25) is 9.59 Å². The number of rotatable bonds is 4. The normalized spacial score (nSPS) is 24.3. The lowest BCUT2D eigenvalue weighted by atomic mass is 9.81. The predicted octanol–water partition coefficient (Wildman–Crippen LogP) is 1.78. The van der Waals surface area contributed by atoms with Crippen molar-refractivity contribution in [2.75, 3.05) is 13.1 Å². The number of carboxylic acid groups (broad SMARTS) is 1. The molecule has 2 aliphatic rings. The number of likely N-dealkylation sites (tertiary alicyclic amines) is 1. The average molecular weight is 324 g/mol. The van der Waals surface area contributed by atoms with Crippen LogP contribution in [0.15, 0.2) is 0 Å². The number of hydrogen-bond acceptors (Lipinski definition) is 3. The molecule has 1 aliphatic heterocycles. The Kier molecular flexibility index (Phi) is 5.65. The summed E-state index contributed by atoms with van der Waals surface area (Å²) < 4.78 is 0. The highest BCUT2D eigenvalue weighted by molar-refractivity contribution is 5.89. The van der Waals surface area contributed by atoms with Crippen molar-refractivity contribution in [1.82, 2.24) is 10.2 Å². The fourth-order valence-corrected chi connectivity index (χ4v) is 3.64. The highest BCUT2D eigenvalue weighted by Gasteiger charge is 2.42. The first-order chi connectivity index (χ1) is 10.9. The van der Waals surface area contributed by atoms with Gasteiger partial charge in [0, 0.05) is 19.0 Å². The van der Waals surface area contributed by atoms with Gasteiger partial charge in [-0.25, -0.2) is 4.79 Å². The summed E-state index contributed by atoms with van der Waals surface area (Å²) in [6.07, 6.45) is 5.17. The number of carboxylic acids is 1. The van der Waals surface area contributed by atoms with Gasteiger partial charge in [0.05, 0.1) is 5.92 Å². The van der Waals surface area contributed by atoms with E-state index in [0.717, 1.165) is 25.7 Å². The zero-order valence-corrected chi connectivity index (χ0v) is 14.1. The van der Waals surface area contributed by atoms with Crippen LogP contribution in [0.5, 0.6) is 0 Å². The van der Waals surface area contributed by atoms with E-state index in [2.05, 4.69) is 5.32 Å². The summed E-state index contributed by atoms with van der Waals surface area (Å²) in [5.41, 5.74) is -1.11. The van der Waals surface area contributed by atoms with Crippen LogP contribution in [0.2, 0.25) is 0 Å². The van der Waals surface area contributed by atoms with E-state index < -0.39 is 11.5 Å². The highest BCUT2D eigenvalue weighted by atomic mass is 16.4. The van der Waals surface area contributed by atoms with Crippen molar-refractivity contribution in [3.05, 3.63) is 0 Å². The van der Waals surface area contributed by atoms with Gasteiger partial charge in [-0.05, 0) is 25.7 Å². The molecule has 6 nitrogen and oxygen atoms in total. The van der Waals surface area contributed by atoms with Gasteiger partial charge < -0.3 is 15.3 Å². The summed E-state index contributed by atoms with van der Waals surface area (Å²) >= 11 is 0. The summed E-state index contributed by atoms with van der Waals surface area (Å²) in [5.74, 6) is -1.47. The molecule has 1 aliphatic carbocycles. The molecule has 6 heteroatoms. The van der Waals surface area contributed by atoms with Crippen molar-refractivity contribution < 1.29 is 19.5 Å². The van der Waals surface area contributed by atoms with Gasteiger partial charge in [0.1, 0.15) is 5.54 Å². The minimum atomic E-state index is -1.11. The molecule has 130 valence electrons. The summed E-state index contributed by atoms with van der Waals surface area (Å²) in [6, 6.07) is 0.